The number of benzene rings is 1. The minimum Gasteiger partial charge on any atom is -0.388 e. The number of fused-ring (bicyclic) bond motifs is 2. The van der Waals surface area contributed by atoms with Crippen LogP contribution < -0.4 is 16.6 Å². The van der Waals surface area contributed by atoms with Crippen molar-refractivity contribution >= 4 is 20.9 Å². The summed E-state index contributed by atoms with van der Waals surface area (Å²) in [6.07, 6.45) is -4.60. The molecule has 1 aromatic rings. The van der Waals surface area contributed by atoms with Gasteiger partial charge in [-0.1, -0.05) is 6.58 Å². The molecule has 0 radical (unpaired) electrons. The summed E-state index contributed by atoms with van der Waals surface area (Å²) in [5.41, 5.74) is 1.01. The van der Waals surface area contributed by atoms with E-state index in [9.17, 15) is 33.3 Å². The van der Waals surface area contributed by atoms with Gasteiger partial charge in [0.2, 0.25) is 0 Å². The van der Waals surface area contributed by atoms with Gasteiger partial charge in [0.15, 0.2) is 21.4 Å². The molecule has 0 aromatic heterocycles. The van der Waals surface area contributed by atoms with Crippen molar-refractivity contribution in [2.24, 2.45) is 0 Å². The average molecular weight is 538 g/mol. The van der Waals surface area contributed by atoms with E-state index < -0.39 is 39.4 Å². The Morgan fingerprint density at radius 3 is 2.54 bits per heavy atom. The van der Waals surface area contributed by atoms with Gasteiger partial charge in [0.05, 0.1) is 36.5 Å². The predicted octanol–water partition coefficient (Wildman–Crippen LogP) is -1.55. The summed E-state index contributed by atoms with van der Waals surface area (Å²) in [5, 5.41) is 35.3. The molecule has 0 aliphatic carbocycles. The van der Waals surface area contributed by atoms with Gasteiger partial charge in [0, 0.05) is 18.5 Å². The van der Waals surface area contributed by atoms with Crippen LogP contribution in [0.15, 0.2) is 33.7 Å². The molecule has 14 heteroatoms. The lowest BCUT2D eigenvalue weighted by molar-refractivity contribution is -0.0909. The topological polar surface area (TPSA) is 197 Å². The molecular weight excluding hydrogens is 506 g/mol. The Balaban J connectivity index is 1.69. The average Bonchev–Trinajstić information content (AvgIpc) is 2.84. The lowest BCUT2D eigenvalue weighted by atomic mass is 10.1. The molecule has 2 aliphatic rings. The summed E-state index contributed by atoms with van der Waals surface area (Å²) >= 11 is 0. The number of aliphatic hydroxyl groups is 3. The largest absolute Gasteiger partial charge is 0.388 e. The first-order valence-electron chi connectivity index (χ1n) is 11.5. The molecule has 0 fully saturated rings. The van der Waals surface area contributed by atoms with E-state index in [0.29, 0.717) is 17.6 Å². The molecule has 0 bridgehead atoms. The molecule has 1 aromatic carbocycles. The zero-order valence-corrected chi connectivity index (χ0v) is 21.4. The molecule has 2 aliphatic heterocycles. The fourth-order valence-corrected chi connectivity index (χ4v) is 4.25. The van der Waals surface area contributed by atoms with Crippen LogP contribution in [0.25, 0.3) is 22.6 Å². The third kappa shape index (κ3) is 7.06. The standard InChI is InChI=1S/C23H31N5O8S/c1-4-37(34,35)8-6-24-5-7-36-12-18(30)20(31)17(29)11-28-16-10-14(3)13(2)9-15(16)25-19-21(28)26-23(33)27-22(19)32/h4,9-10,17-18,20,24,29-31H,1,5-8,11-12H2,2-3H3,(H,27,32,33)/t17-,18+,20-/m1/s1. The fraction of sp³-hybridized carbons (Fsp3) is 0.478. The van der Waals surface area contributed by atoms with Crippen LogP contribution in [0.4, 0.5) is 0 Å². The van der Waals surface area contributed by atoms with Gasteiger partial charge in [-0.25, -0.2) is 18.2 Å². The summed E-state index contributed by atoms with van der Waals surface area (Å²) in [6.45, 7) is 7.01. The van der Waals surface area contributed by atoms with Crippen molar-refractivity contribution in [2.45, 2.75) is 38.7 Å². The number of H-pyrrole nitrogens is 1. The van der Waals surface area contributed by atoms with Crippen molar-refractivity contribution in [3.05, 3.63) is 56.1 Å². The first-order chi connectivity index (χ1) is 17.4. The summed E-state index contributed by atoms with van der Waals surface area (Å²) in [6, 6.07) is 3.54. The van der Waals surface area contributed by atoms with Crippen molar-refractivity contribution in [2.75, 3.05) is 32.1 Å². The smallest absolute Gasteiger partial charge is 0.349 e. The molecule has 0 amide bonds. The Labute approximate surface area is 212 Å². The van der Waals surface area contributed by atoms with Crippen molar-refractivity contribution in [3.63, 3.8) is 0 Å². The van der Waals surface area contributed by atoms with E-state index in [4.69, 9.17) is 4.74 Å². The highest BCUT2D eigenvalue weighted by atomic mass is 32.2. The lowest BCUT2D eigenvalue weighted by Gasteiger charge is -2.26. The molecule has 3 atom stereocenters. The van der Waals surface area contributed by atoms with E-state index in [1.165, 1.54) is 4.57 Å². The minimum atomic E-state index is -3.30. The van der Waals surface area contributed by atoms with Crippen LogP contribution >= 0.6 is 0 Å². The van der Waals surface area contributed by atoms with E-state index in [1.807, 2.05) is 13.8 Å². The number of hydrogen-bond donors (Lipinski definition) is 5. The first-order valence-corrected chi connectivity index (χ1v) is 13.2. The molecule has 5 N–H and O–H groups in total. The van der Waals surface area contributed by atoms with E-state index >= 15 is 0 Å². The molecule has 13 nitrogen and oxygen atoms in total. The van der Waals surface area contributed by atoms with Crippen LogP contribution in [0.2, 0.25) is 0 Å². The summed E-state index contributed by atoms with van der Waals surface area (Å²) in [5.74, 6) is -0.167. The van der Waals surface area contributed by atoms with E-state index in [2.05, 4.69) is 26.8 Å². The quantitative estimate of drug-likeness (QED) is 0.125. The zero-order chi connectivity index (χ0) is 27.3. The van der Waals surface area contributed by atoms with Gasteiger partial charge in [0.1, 0.15) is 18.3 Å². The molecule has 3 rings (SSSR count). The number of nitrogens with zero attached hydrogens (tertiary/aromatic N) is 3. The SMILES string of the molecule is C=CS(=O)(=O)CCNCCOC[C@H](O)[C@H](O)[C@H](O)Cn1c2nc(=O)[nH]c(=O)c-2nc2cc(C)c(C)cc21. The van der Waals surface area contributed by atoms with Crippen molar-refractivity contribution in [1.82, 2.24) is 24.8 Å². The maximum Gasteiger partial charge on any atom is 0.349 e. The van der Waals surface area contributed by atoms with Gasteiger partial charge in [-0.05, 0) is 37.1 Å². The zero-order valence-electron chi connectivity index (χ0n) is 20.5. The Kier molecular flexibility index (Phi) is 9.28. The Hall–Kier alpha value is -3.01. The highest BCUT2D eigenvalue weighted by Crippen LogP contribution is 2.24. The number of sulfone groups is 1. The Bertz CT molecular complexity index is 1450. The highest BCUT2D eigenvalue weighted by molar-refractivity contribution is 7.94. The van der Waals surface area contributed by atoms with Gasteiger partial charge < -0.3 is 29.9 Å². The van der Waals surface area contributed by atoms with Gasteiger partial charge >= 0.3 is 5.69 Å². The second-order valence-electron chi connectivity index (χ2n) is 8.67. The van der Waals surface area contributed by atoms with Crippen molar-refractivity contribution in [3.8, 4) is 11.5 Å². The monoisotopic (exact) mass is 537 g/mol. The number of aromatic nitrogens is 4. The van der Waals surface area contributed by atoms with Gasteiger partial charge in [-0.3, -0.25) is 9.78 Å². The van der Waals surface area contributed by atoms with E-state index in [1.54, 1.807) is 12.1 Å². The Morgan fingerprint density at radius 2 is 1.84 bits per heavy atom. The maximum absolute atomic E-state index is 12.4. The summed E-state index contributed by atoms with van der Waals surface area (Å²) < 4.78 is 29.4. The number of aromatic amines is 1. The molecule has 37 heavy (non-hydrogen) atoms. The van der Waals surface area contributed by atoms with Crippen LogP contribution in [-0.4, -0.2) is 93.6 Å². The number of ether oxygens (including phenoxy) is 1. The lowest BCUT2D eigenvalue weighted by Crippen LogP contribution is -2.43. The molecule has 202 valence electrons. The second kappa shape index (κ2) is 12.0. The van der Waals surface area contributed by atoms with E-state index in [-0.39, 0.29) is 43.6 Å². The number of rotatable bonds is 13. The number of aliphatic hydroxyl groups excluding tert-OH is 3. The van der Waals surface area contributed by atoms with Crippen LogP contribution in [0, 0.1) is 13.8 Å². The molecular formula is C23H31N5O8S. The predicted molar refractivity (Wildman–Crippen MR) is 136 cm³/mol. The van der Waals surface area contributed by atoms with Gasteiger partial charge in [0.25, 0.3) is 5.56 Å². The third-order valence-electron chi connectivity index (χ3n) is 5.91. The maximum atomic E-state index is 12.4. The Morgan fingerprint density at radius 1 is 1.14 bits per heavy atom. The van der Waals surface area contributed by atoms with Crippen LogP contribution in [0.3, 0.4) is 0 Å². The third-order valence-corrected chi connectivity index (χ3v) is 7.19. The number of aryl methyl sites for hydroxylation is 2. The van der Waals surface area contributed by atoms with Gasteiger partial charge in [-0.15, -0.1) is 0 Å². The minimum absolute atomic E-state index is 0.0639. The summed E-state index contributed by atoms with van der Waals surface area (Å²) in [4.78, 5) is 34.5. The number of nitrogens with one attached hydrogen (secondary N) is 2. The fourth-order valence-electron chi connectivity index (χ4n) is 3.66. The molecule has 0 saturated carbocycles. The van der Waals surface area contributed by atoms with Crippen LogP contribution in [0.5, 0.6) is 0 Å². The normalized spacial score (nSPS) is 14.6. The second-order valence-corrected chi connectivity index (χ2v) is 10.7. The molecule has 0 unspecified atom stereocenters. The van der Waals surface area contributed by atoms with E-state index in [0.717, 1.165) is 16.5 Å². The molecule has 0 saturated heterocycles. The first kappa shape index (κ1) is 28.6. The van der Waals surface area contributed by atoms with Gasteiger partial charge in [-0.2, -0.15) is 4.98 Å². The van der Waals surface area contributed by atoms with Crippen molar-refractivity contribution < 1.29 is 28.5 Å². The summed E-state index contributed by atoms with van der Waals surface area (Å²) in [7, 11) is -3.30. The highest BCUT2D eigenvalue weighted by Gasteiger charge is 2.28. The number of hydrogen-bond acceptors (Lipinski definition) is 11. The molecule has 0 spiro atoms. The van der Waals surface area contributed by atoms with Crippen molar-refractivity contribution in [1.29, 1.82) is 0 Å². The molecule has 2 heterocycles. The van der Waals surface area contributed by atoms with Crippen LogP contribution in [0.1, 0.15) is 11.1 Å². The van der Waals surface area contributed by atoms with Crippen LogP contribution in [-0.2, 0) is 21.1 Å².